The summed E-state index contributed by atoms with van der Waals surface area (Å²) >= 11 is 6.16. The Morgan fingerprint density at radius 2 is 2.05 bits per heavy atom. The molecule has 0 unspecified atom stereocenters. The van der Waals surface area contributed by atoms with Crippen LogP contribution in [0.5, 0.6) is 0 Å². The maximum atomic E-state index is 8.80. The second kappa shape index (κ2) is 5.92. The Hall–Kier alpha value is -1.76. The van der Waals surface area contributed by atoms with Crippen molar-refractivity contribution >= 4 is 11.6 Å². The van der Waals surface area contributed by atoms with Crippen molar-refractivity contribution in [2.24, 2.45) is 0 Å². The fourth-order valence-electron chi connectivity index (χ4n) is 1.93. The van der Waals surface area contributed by atoms with Gasteiger partial charge in [0.05, 0.1) is 18.2 Å². The number of aryl methyl sites for hydroxylation is 1. The van der Waals surface area contributed by atoms with Gasteiger partial charge in [0.25, 0.3) is 0 Å². The van der Waals surface area contributed by atoms with Crippen molar-refractivity contribution in [1.82, 2.24) is 4.90 Å². The van der Waals surface area contributed by atoms with Gasteiger partial charge in [0.1, 0.15) is 11.5 Å². The maximum absolute atomic E-state index is 8.80. The molecule has 2 aromatic rings. The molecular weight excluding hydrogens is 260 g/mol. The molecule has 0 saturated carbocycles. The first-order chi connectivity index (χ1) is 9.08. The predicted molar refractivity (Wildman–Crippen MR) is 74.8 cm³/mol. The molecule has 4 heteroatoms. The number of nitrogens with zero attached hydrogens (tertiary/aromatic N) is 2. The fourth-order valence-corrected chi connectivity index (χ4v) is 2.17. The highest BCUT2D eigenvalue weighted by Gasteiger charge is 2.08. The van der Waals surface area contributed by atoms with Gasteiger partial charge in [0.15, 0.2) is 0 Å². The summed E-state index contributed by atoms with van der Waals surface area (Å²) in [7, 11) is 2.01. The Balaban J connectivity index is 2.03. The van der Waals surface area contributed by atoms with Gasteiger partial charge >= 0.3 is 0 Å². The summed E-state index contributed by atoms with van der Waals surface area (Å²) < 4.78 is 5.54. The Morgan fingerprint density at radius 3 is 2.63 bits per heavy atom. The Morgan fingerprint density at radius 1 is 1.26 bits per heavy atom. The lowest BCUT2D eigenvalue weighted by atomic mass is 10.1. The van der Waals surface area contributed by atoms with Crippen molar-refractivity contribution in [1.29, 1.82) is 5.26 Å². The highest BCUT2D eigenvalue weighted by Crippen LogP contribution is 2.20. The standard InChI is InChI=1S/C15H15ClN2O/c1-11-3-6-14(19-11)10-18(2)9-13-5-4-12(8-17)7-15(13)16/h3-7H,9-10H2,1-2H3. The van der Waals surface area contributed by atoms with E-state index in [4.69, 9.17) is 21.3 Å². The van der Waals surface area contributed by atoms with Gasteiger partial charge in [0.2, 0.25) is 0 Å². The molecular formula is C15H15ClN2O. The van der Waals surface area contributed by atoms with Crippen molar-refractivity contribution in [3.05, 3.63) is 58.0 Å². The molecule has 19 heavy (non-hydrogen) atoms. The molecule has 0 fully saturated rings. The molecule has 2 rings (SSSR count). The fraction of sp³-hybridized carbons (Fsp3) is 0.267. The van der Waals surface area contributed by atoms with Gasteiger partial charge in [-0.2, -0.15) is 5.26 Å². The molecule has 0 aliphatic carbocycles. The molecule has 1 aromatic heterocycles. The molecule has 0 N–H and O–H groups in total. The molecule has 0 radical (unpaired) electrons. The SMILES string of the molecule is Cc1ccc(CN(C)Cc2ccc(C#N)cc2Cl)o1. The summed E-state index contributed by atoms with van der Waals surface area (Å²) in [4.78, 5) is 2.12. The van der Waals surface area contributed by atoms with Crippen LogP contribution in [0.25, 0.3) is 0 Å². The van der Waals surface area contributed by atoms with Gasteiger partial charge in [-0.15, -0.1) is 0 Å². The first kappa shape index (κ1) is 13.7. The Kier molecular flexibility index (Phi) is 4.26. The Bertz CT molecular complexity index is 613. The van der Waals surface area contributed by atoms with Crippen LogP contribution < -0.4 is 0 Å². The average Bonchev–Trinajstić information content (AvgIpc) is 2.77. The Labute approximate surface area is 118 Å². The maximum Gasteiger partial charge on any atom is 0.118 e. The summed E-state index contributed by atoms with van der Waals surface area (Å²) in [5.74, 6) is 1.85. The number of nitriles is 1. The number of benzene rings is 1. The number of rotatable bonds is 4. The second-order valence-corrected chi connectivity index (χ2v) is 5.01. The number of halogens is 1. The van der Waals surface area contributed by atoms with E-state index in [1.807, 2.05) is 32.2 Å². The summed E-state index contributed by atoms with van der Waals surface area (Å²) in [5, 5.41) is 9.43. The highest BCUT2D eigenvalue weighted by atomic mass is 35.5. The van der Waals surface area contributed by atoms with E-state index in [2.05, 4.69) is 11.0 Å². The van der Waals surface area contributed by atoms with Crippen LogP contribution in [0.2, 0.25) is 5.02 Å². The lowest BCUT2D eigenvalue weighted by molar-refractivity contribution is 0.285. The molecule has 0 bridgehead atoms. The third-order valence-corrected chi connectivity index (χ3v) is 3.20. The van der Waals surface area contributed by atoms with Crippen LogP contribution in [0.1, 0.15) is 22.6 Å². The van der Waals surface area contributed by atoms with Gasteiger partial charge in [0, 0.05) is 11.6 Å². The predicted octanol–water partition coefficient (Wildman–Crippen LogP) is 3.75. The average molecular weight is 275 g/mol. The molecule has 0 saturated heterocycles. The molecule has 1 heterocycles. The smallest absolute Gasteiger partial charge is 0.118 e. The van der Waals surface area contributed by atoms with E-state index in [0.717, 1.165) is 23.6 Å². The van der Waals surface area contributed by atoms with Gasteiger partial charge in [-0.05, 0) is 43.8 Å². The zero-order chi connectivity index (χ0) is 13.8. The summed E-state index contributed by atoms with van der Waals surface area (Å²) in [6.45, 7) is 3.37. The van der Waals surface area contributed by atoms with Crippen LogP contribution in [0.3, 0.4) is 0 Å². The van der Waals surface area contributed by atoms with Gasteiger partial charge in [-0.1, -0.05) is 17.7 Å². The topological polar surface area (TPSA) is 40.2 Å². The van der Waals surface area contributed by atoms with E-state index in [0.29, 0.717) is 17.1 Å². The van der Waals surface area contributed by atoms with Crippen molar-refractivity contribution in [3.8, 4) is 6.07 Å². The van der Waals surface area contributed by atoms with Gasteiger partial charge in [-0.25, -0.2) is 0 Å². The normalized spacial score (nSPS) is 10.7. The van der Waals surface area contributed by atoms with Crippen LogP contribution in [0.15, 0.2) is 34.7 Å². The van der Waals surface area contributed by atoms with Crippen molar-refractivity contribution < 1.29 is 4.42 Å². The zero-order valence-electron chi connectivity index (χ0n) is 11.0. The van der Waals surface area contributed by atoms with E-state index in [1.54, 1.807) is 12.1 Å². The van der Waals surface area contributed by atoms with E-state index in [1.165, 1.54) is 0 Å². The van der Waals surface area contributed by atoms with Crippen LogP contribution in [-0.4, -0.2) is 11.9 Å². The molecule has 1 aromatic carbocycles. The molecule has 0 aliphatic heterocycles. The number of hydrogen-bond donors (Lipinski definition) is 0. The largest absolute Gasteiger partial charge is 0.465 e. The van der Waals surface area contributed by atoms with E-state index in [9.17, 15) is 0 Å². The quantitative estimate of drug-likeness (QED) is 0.853. The summed E-state index contributed by atoms with van der Waals surface area (Å²) in [6, 6.07) is 11.4. The van der Waals surface area contributed by atoms with Crippen LogP contribution in [0.4, 0.5) is 0 Å². The minimum absolute atomic E-state index is 0.582. The molecule has 0 aliphatic rings. The van der Waals surface area contributed by atoms with E-state index < -0.39 is 0 Å². The zero-order valence-corrected chi connectivity index (χ0v) is 11.7. The lowest BCUT2D eigenvalue weighted by Gasteiger charge is -2.16. The number of furan rings is 1. The van der Waals surface area contributed by atoms with Gasteiger partial charge < -0.3 is 4.42 Å². The third kappa shape index (κ3) is 3.60. The van der Waals surface area contributed by atoms with Crippen LogP contribution in [0, 0.1) is 18.3 Å². The third-order valence-electron chi connectivity index (χ3n) is 2.84. The lowest BCUT2D eigenvalue weighted by Crippen LogP contribution is -2.17. The van der Waals surface area contributed by atoms with E-state index >= 15 is 0 Å². The summed E-state index contributed by atoms with van der Waals surface area (Å²) in [5.41, 5.74) is 1.59. The molecule has 0 spiro atoms. The van der Waals surface area contributed by atoms with Crippen LogP contribution >= 0.6 is 11.6 Å². The van der Waals surface area contributed by atoms with Crippen molar-refractivity contribution in [2.45, 2.75) is 20.0 Å². The van der Waals surface area contributed by atoms with Gasteiger partial charge in [-0.3, -0.25) is 4.90 Å². The summed E-state index contributed by atoms with van der Waals surface area (Å²) in [6.07, 6.45) is 0. The number of hydrogen-bond acceptors (Lipinski definition) is 3. The van der Waals surface area contributed by atoms with E-state index in [-0.39, 0.29) is 0 Å². The minimum atomic E-state index is 0.582. The second-order valence-electron chi connectivity index (χ2n) is 4.60. The molecule has 3 nitrogen and oxygen atoms in total. The monoisotopic (exact) mass is 274 g/mol. The molecule has 0 atom stereocenters. The molecule has 0 amide bonds. The minimum Gasteiger partial charge on any atom is -0.465 e. The van der Waals surface area contributed by atoms with Crippen LogP contribution in [-0.2, 0) is 13.1 Å². The van der Waals surface area contributed by atoms with Crippen molar-refractivity contribution in [3.63, 3.8) is 0 Å². The van der Waals surface area contributed by atoms with Crippen molar-refractivity contribution in [2.75, 3.05) is 7.05 Å². The molecule has 98 valence electrons. The first-order valence-electron chi connectivity index (χ1n) is 6.01. The highest BCUT2D eigenvalue weighted by molar-refractivity contribution is 6.31. The first-order valence-corrected chi connectivity index (χ1v) is 6.38.